The van der Waals surface area contributed by atoms with E-state index in [1.54, 1.807) is 18.2 Å². The summed E-state index contributed by atoms with van der Waals surface area (Å²) in [6.45, 7) is 0. The van der Waals surface area contributed by atoms with Crippen LogP contribution in [0.4, 0.5) is 0 Å². The quantitative estimate of drug-likeness (QED) is 0.609. The molecule has 1 aliphatic carbocycles. The minimum absolute atomic E-state index is 0.273. The maximum Gasteiger partial charge on any atom is 0.327 e. The number of carboxylic acid groups (broad SMARTS) is 2. The van der Waals surface area contributed by atoms with Crippen LogP contribution < -0.4 is 5.73 Å². The molecule has 2 rings (SSSR count). The Bertz CT molecular complexity index is 455. The predicted molar refractivity (Wildman–Crippen MR) is 55.1 cm³/mol. The van der Waals surface area contributed by atoms with Gasteiger partial charge in [0.1, 0.15) is 0 Å². The molecule has 84 valence electrons. The second-order valence-corrected chi connectivity index (χ2v) is 3.89. The molecule has 0 saturated carbocycles. The lowest BCUT2D eigenvalue weighted by Gasteiger charge is -2.24. The Morgan fingerprint density at radius 1 is 1.25 bits per heavy atom. The zero-order valence-electron chi connectivity index (χ0n) is 8.38. The fraction of sp³-hybridized carbons (Fsp3) is 0.273. The van der Waals surface area contributed by atoms with Gasteiger partial charge in [-0.2, -0.15) is 0 Å². The number of hydrogen-bond donors (Lipinski definition) is 3. The number of fused-ring (bicyclic) bond motifs is 1. The molecule has 0 aliphatic heterocycles. The number of carbonyl (C=O) groups is 2. The molecular formula is C11H11NO4. The van der Waals surface area contributed by atoms with Gasteiger partial charge in [0.15, 0.2) is 0 Å². The molecule has 16 heavy (non-hydrogen) atoms. The number of nitrogens with two attached hydrogens (primary N) is 1. The van der Waals surface area contributed by atoms with Crippen LogP contribution in [0.25, 0.3) is 0 Å². The van der Waals surface area contributed by atoms with Gasteiger partial charge in [0, 0.05) is 6.04 Å². The van der Waals surface area contributed by atoms with Gasteiger partial charge in [0.25, 0.3) is 0 Å². The SMILES string of the molecule is NC1Cc2ccccc2C1(C(=O)O)C(=O)O. The van der Waals surface area contributed by atoms with Gasteiger partial charge in [-0.15, -0.1) is 0 Å². The van der Waals surface area contributed by atoms with Crippen LogP contribution in [-0.4, -0.2) is 28.2 Å². The minimum atomic E-state index is -2.00. The summed E-state index contributed by atoms with van der Waals surface area (Å²) in [6, 6.07) is 5.66. The third-order valence-electron chi connectivity index (χ3n) is 3.11. The monoisotopic (exact) mass is 221 g/mol. The van der Waals surface area contributed by atoms with Crippen molar-refractivity contribution in [3.63, 3.8) is 0 Å². The highest BCUT2D eigenvalue weighted by Crippen LogP contribution is 2.38. The van der Waals surface area contributed by atoms with Crippen LogP contribution in [0.3, 0.4) is 0 Å². The molecule has 1 atom stereocenters. The number of carboxylic acids is 2. The summed E-state index contributed by atoms with van der Waals surface area (Å²) in [5, 5.41) is 18.4. The van der Waals surface area contributed by atoms with Crippen LogP contribution in [-0.2, 0) is 21.4 Å². The fourth-order valence-corrected chi connectivity index (χ4v) is 2.31. The molecule has 0 heterocycles. The average Bonchev–Trinajstić information content (AvgIpc) is 2.50. The van der Waals surface area contributed by atoms with Crippen molar-refractivity contribution in [3.05, 3.63) is 35.4 Å². The Kier molecular flexibility index (Phi) is 2.20. The molecule has 5 nitrogen and oxygen atoms in total. The number of benzene rings is 1. The molecule has 0 bridgehead atoms. The van der Waals surface area contributed by atoms with E-state index in [2.05, 4.69) is 0 Å². The molecular weight excluding hydrogens is 210 g/mol. The van der Waals surface area contributed by atoms with Crippen molar-refractivity contribution in [2.24, 2.45) is 5.73 Å². The van der Waals surface area contributed by atoms with E-state index in [-0.39, 0.29) is 6.42 Å². The van der Waals surface area contributed by atoms with Crippen LogP contribution >= 0.6 is 0 Å². The average molecular weight is 221 g/mol. The van der Waals surface area contributed by atoms with E-state index in [0.29, 0.717) is 11.1 Å². The van der Waals surface area contributed by atoms with Crippen molar-refractivity contribution < 1.29 is 19.8 Å². The third kappa shape index (κ3) is 1.09. The van der Waals surface area contributed by atoms with E-state index in [1.165, 1.54) is 6.07 Å². The largest absolute Gasteiger partial charge is 0.480 e. The molecule has 0 radical (unpaired) electrons. The van der Waals surface area contributed by atoms with Crippen molar-refractivity contribution in [2.75, 3.05) is 0 Å². The normalized spacial score (nSPS) is 21.4. The molecule has 0 amide bonds. The smallest absolute Gasteiger partial charge is 0.327 e. The second kappa shape index (κ2) is 3.31. The van der Waals surface area contributed by atoms with E-state index >= 15 is 0 Å². The Balaban J connectivity index is 2.71. The van der Waals surface area contributed by atoms with Crippen LogP contribution in [0, 0.1) is 0 Å². The summed E-state index contributed by atoms with van der Waals surface area (Å²) in [7, 11) is 0. The van der Waals surface area contributed by atoms with E-state index in [0.717, 1.165) is 0 Å². The lowest BCUT2D eigenvalue weighted by Crippen LogP contribution is -2.54. The summed E-state index contributed by atoms with van der Waals surface area (Å²) < 4.78 is 0. The summed E-state index contributed by atoms with van der Waals surface area (Å²) in [4.78, 5) is 22.6. The summed E-state index contributed by atoms with van der Waals surface area (Å²) in [6.07, 6.45) is 0.273. The Morgan fingerprint density at radius 2 is 1.81 bits per heavy atom. The lowest BCUT2D eigenvalue weighted by molar-refractivity contribution is -0.158. The third-order valence-corrected chi connectivity index (χ3v) is 3.11. The van der Waals surface area contributed by atoms with Crippen LogP contribution in [0.2, 0.25) is 0 Å². The van der Waals surface area contributed by atoms with Crippen molar-refractivity contribution in [3.8, 4) is 0 Å². The number of aliphatic carboxylic acids is 2. The first-order valence-corrected chi connectivity index (χ1v) is 4.82. The number of rotatable bonds is 2. The summed E-state index contributed by atoms with van der Waals surface area (Å²) in [5.41, 5.74) is 4.69. The maximum absolute atomic E-state index is 11.3. The van der Waals surface area contributed by atoms with Crippen molar-refractivity contribution in [1.82, 2.24) is 0 Å². The van der Waals surface area contributed by atoms with Gasteiger partial charge >= 0.3 is 11.9 Å². The van der Waals surface area contributed by atoms with Gasteiger partial charge in [-0.1, -0.05) is 24.3 Å². The lowest BCUT2D eigenvalue weighted by atomic mass is 9.79. The number of hydrogen-bond acceptors (Lipinski definition) is 3. The summed E-state index contributed by atoms with van der Waals surface area (Å²) >= 11 is 0. The first-order chi connectivity index (χ1) is 7.51. The van der Waals surface area contributed by atoms with Gasteiger partial charge < -0.3 is 15.9 Å². The van der Waals surface area contributed by atoms with Crippen molar-refractivity contribution in [1.29, 1.82) is 0 Å². The Labute approximate surface area is 91.5 Å². The van der Waals surface area contributed by atoms with Gasteiger partial charge in [-0.3, -0.25) is 9.59 Å². The standard InChI is InChI=1S/C11H11NO4/c12-8-5-6-3-1-2-4-7(6)11(8,9(13)14)10(15)16/h1-4,8H,5,12H2,(H,13,14)(H,15,16). The molecule has 1 aliphatic rings. The molecule has 4 N–H and O–H groups in total. The van der Waals surface area contributed by atoms with Gasteiger partial charge in [-0.25, -0.2) is 0 Å². The van der Waals surface area contributed by atoms with Gasteiger partial charge in [0.2, 0.25) is 5.41 Å². The Morgan fingerprint density at radius 3 is 2.38 bits per heavy atom. The molecule has 1 unspecified atom stereocenters. The zero-order chi connectivity index (χ0) is 11.9. The van der Waals surface area contributed by atoms with E-state index in [1.807, 2.05) is 0 Å². The first kappa shape index (κ1) is 10.6. The van der Waals surface area contributed by atoms with E-state index < -0.39 is 23.4 Å². The molecule has 0 aromatic heterocycles. The molecule has 1 aromatic carbocycles. The second-order valence-electron chi connectivity index (χ2n) is 3.89. The highest BCUT2D eigenvalue weighted by molar-refractivity contribution is 6.07. The molecule has 5 heteroatoms. The van der Waals surface area contributed by atoms with E-state index in [4.69, 9.17) is 5.73 Å². The first-order valence-electron chi connectivity index (χ1n) is 4.82. The zero-order valence-corrected chi connectivity index (χ0v) is 8.38. The van der Waals surface area contributed by atoms with Gasteiger partial charge in [0.05, 0.1) is 0 Å². The Hall–Kier alpha value is -1.88. The fourth-order valence-electron chi connectivity index (χ4n) is 2.31. The van der Waals surface area contributed by atoms with Crippen LogP contribution in [0.1, 0.15) is 11.1 Å². The molecule has 1 aromatic rings. The van der Waals surface area contributed by atoms with Crippen LogP contribution in [0.15, 0.2) is 24.3 Å². The van der Waals surface area contributed by atoms with Crippen molar-refractivity contribution in [2.45, 2.75) is 17.9 Å². The molecule has 0 fully saturated rings. The van der Waals surface area contributed by atoms with E-state index in [9.17, 15) is 19.8 Å². The van der Waals surface area contributed by atoms with Crippen LogP contribution in [0.5, 0.6) is 0 Å². The highest BCUT2D eigenvalue weighted by atomic mass is 16.4. The topological polar surface area (TPSA) is 101 Å². The van der Waals surface area contributed by atoms with Crippen molar-refractivity contribution >= 4 is 11.9 Å². The maximum atomic E-state index is 11.3. The minimum Gasteiger partial charge on any atom is -0.480 e. The van der Waals surface area contributed by atoms with Gasteiger partial charge in [-0.05, 0) is 17.5 Å². The highest BCUT2D eigenvalue weighted by Gasteiger charge is 2.57. The molecule has 0 saturated heterocycles. The summed E-state index contributed by atoms with van der Waals surface area (Å²) in [5.74, 6) is -2.81. The predicted octanol–water partition coefficient (Wildman–Crippen LogP) is -0.0230. The molecule has 0 spiro atoms.